The molecular weight excluding hydrogens is 338 g/mol. The zero-order valence-electron chi connectivity index (χ0n) is 16.7. The second-order valence-electron chi connectivity index (χ2n) is 6.02. The van der Waals surface area contributed by atoms with Crippen molar-refractivity contribution in [3.8, 4) is 0 Å². The molecule has 3 heterocycles. The molecule has 7 heteroatoms. The first kappa shape index (κ1) is 21.9. The monoisotopic (exact) mass is 371 g/mol. The number of hydrogen-bond donors (Lipinski definition) is 0. The van der Waals surface area contributed by atoms with E-state index in [0.717, 1.165) is 57.9 Å². The minimum Gasteiger partial charge on any atom is -0.335 e. The van der Waals surface area contributed by atoms with Crippen LogP contribution in [0.3, 0.4) is 0 Å². The van der Waals surface area contributed by atoms with Gasteiger partial charge in [-0.2, -0.15) is 5.10 Å². The van der Waals surface area contributed by atoms with Gasteiger partial charge in [0.05, 0.1) is 10.7 Å². The van der Waals surface area contributed by atoms with Crippen molar-refractivity contribution in [2.75, 3.05) is 46.8 Å². The molecule has 0 radical (unpaired) electrons. The molecule has 0 spiro atoms. The number of likely N-dealkylation sites (N-methyl/N-ethyl adjacent to an activating group) is 1. The minimum absolute atomic E-state index is 0.0312. The Morgan fingerprint density at radius 1 is 0.920 bits per heavy atom. The van der Waals surface area contributed by atoms with Gasteiger partial charge in [0.15, 0.2) is 5.69 Å². The molecule has 1 fully saturated rings. The third-order valence-electron chi connectivity index (χ3n) is 4.32. The maximum atomic E-state index is 12.6. The van der Waals surface area contributed by atoms with E-state index in [9.17, 15) is 4.79 Å². The van der Waals surface area contributed by atoms with Gasteiger partial charge in [-0.05, 0) is 20.5 Å². The van der Waals surface area contributed by atoms with Crippen LogP contribution in [0.25, 0.3) is 0 Å². The number of aromatic nitrogens is 2. The standard InChI is InChI=1S/C14H22ClN5O.2C2H6/c1-17-6-8-19(9-7-17)14(21)13-12(15)11-10-18(2)4-3-5-20(11)16-13;2*1-2/h3-10H2,1-2H3;2*1-2H3. The van der Waals surface area contributed by atoms with Gasteiger partial charge in [0.1, 0.15) is 0 Å². The average molecular weight is 372 g/mol. The van der Waals surface area contributed by atoms with Crippen molar-refractivity contribution in [3.05, 3.63) is 16.4 Å². The highest BCUT2D eigenvalue weighted by Crippen LogP contribution is 2.25. The van der Waals surface area contributed by atoms with Gasteiger partial charge >= 0.3 is 0 Å². The molecule has 2 aliphatic heterocycles. The van der Waals surface area contributed by atoms with Crippen molar-refractivity contribution < 1.29 is 4.79 Å². The van der Waals surface area contributed by atoms with Gasteiger partial charge in [-0.1, -0.05) is 39.3 Å². The summed E-state index contributed by atoms with van der Waals surface area (Å²) in [5, 5.41) is 5.03. The lowest BCUT2D eigenvalue weighted by atomic mass is 10.2. The molecule has 0 aliphatic carbocycles. The van der Waals surface area contributed by atoms with Crippen LogP contribution in [0, 0.1) is 0 Å². The second kappa shape index (κ2) is 10.8. The summed E-state index contributed by atoms with van der Waals surface area (Å²) in [4.78, 5) is 18.9. The van der Waals surface area contributed by atoms with Crippen LogP contribution in [-0.2, 0) is 13.1 Å². The van der Waals surface area contributed by atoms with E-state index in [0.29, 0.717) is 10.7 Å². The van der Waals surface area contributed by atoms with Gasteiger partial charge in [-0.15, -0.1) is 0 Å². The summed E-state index contributed by atoms with van der Waals surface area (Å²) >= 11 is 6.45. The fourth-order valence-electron chi connectivity index (χ4n) is 2.93. The predicted molar refractivity (Wildman–Crippen MR) is 104 cm³/mol. The van der Waals surface area contributed by atoms with E-state index >= 15 is 0 Å². The molecule has 1 saturated heterocycles. The van der Waals surface area contributed by atoms with E-state index in [1.165, 1.54) is 0 Å². The van der Waals surface area contributed by atoms with Crippen LogP contribution in [-0.4, -0.2) is 77.2 Å². The Labute approximate surface area is 157 Å². The second-order valence-corrected chi connectivity index (χ2v) is 6.40. The van der Waals surface area contributed by atoms with Gasteiger partial charge < -0.3 is 14.7 Å². The molecule has 25 heavy (non-hydrogen) atoms. The first-order valence-electron chi connectivity index (χ1n) is 9.48. The fourth-order valence-corrected chi connectivity index (χ4v) is 3.21. The molecule has 0 N–H and O–H groups in total. The first-order valence-corrected chi connectivity index (χ1v) is 9.85. The van der Waals surface area contributed by atoms with Crippen molar-refractivity contribution >= 4 is 17.5 Å². The van der Waals surface area contributed by atoms with Gasteiger partial charge in [-0.3, -0.25) is 9.48 Å². The lowest BCUT2D eigenvalue weighted by molar-refractivity contribution is 0.0657. The summed E-state index contributed by atoms with van der Waals surface area (Å²) in [5.41, 5.74) is 1.39. The largest absolute Gasteiger partial charge is 0.335 e. The molecule has 1 aromatic rings. The Balaban J connectivity index is 0.000000730. The third kappa shape index (κ3) is 5.43. The quantitative estimate of drug-likeness (QED) is 0.761. The first-order chi connectivity index (χ1) is 12.1. The van der Waals surface area contributed by atoms with Crippen LogP contribution >= 0.6 is 11.6 Å². The fraction of sp³-hybridized carbons (Fsp3) is 0.778. The van der Waals surface area contributed by atoms with Crippen LogP contribution in [0.1, 0.15) is 50.3 Å². The number of aryl methyl sites for hydroxylation is 1. The molecule has 0 bridgehead atoms. The van der Waals surface area contributed by atoms with Gasteiger partial charge in [-0.25, -0.2) is 0 Å². The number of carbonyl (C=O) groups is 1. The van der Waals surface area contributed by atoms with E-state index in [4.69, 9.17) is 11.6 Å². The van der Waals surface area contributed by atoms with E-state index in [1.807, 2.05) is 37.3 Å². The van der Waals surface area contributed by atoms with Gasteiger partial charge in [0, 0.05) is 45.8 Å². The highest BCUT2D eigenvalue weighted by molar-refractivity contribution is 6.34. The van der Waals surface area contributed by atoms with Gasteiger partial charge in [0.25, 0.3) is 5.91 Å². The van der Waals surface area contributed by atoms with Crippen LogP contribution in [0.2, 0.25) is 5.02 Å². The van der Waals surface area contributed by atoms with Crippen LogP contribution in [0.15, 0.2) is 0 Å². The Kier molecular flexibility index (Phi) is 9.46. The number of carbonyl (C=O) groups excluding carboxylic acids is 1. The maximum absolute atomic E-state index is 12.6. The highest BCUT2D eigenvalue weighted by atomic mass is 35.5. The van der Waals surface area contributed by atoms with Crippen LogP contribution in [0.5, 0.6) is 0 Å². The van der Waals surface area contributed by atoms with Crippen molar-refractivity contribution in [2.45, 2.75) is 47.2 Å². The lowest BCUT2D eigenvalue weighted by Crippen LogP contribution is -2.47. The molecule has 1 aromatic heterocycles. The van der Waals surface area contributed by atoms with Crippen LogP contribution in [0.4, 0.5) is 0 Å². The summed E-state index contributed by atoms with van der Waals surface area (Å²) < 4.78 is 1.91. The number of fused-ring (bicyclic) bond motifs is 1. The number of amides is 1. The van der Waals surface area contributed by atoms with Crippen molar-refractivity contribution in [1.29, 1.82) is 0 Å². The Morgan fingerprint density at radius 2 is 1.52 bits per heavy atom. The van der Waals surface area contributed by atoms with Crippen molar-refractivity contribution in [2.24, 2.45) is 0 Å². The van der Waals surface area contributed by atoms with E-state index in [2.05, 4.69) is 29.0 Å². The number of halogens is 1. The summed E-state index contributed by atoms with van der Waals surface area (Å²) in [6, 6.07) is 0. The molecule has 3 rings (SSSR count). The number of hydrogen-bond acceptors (Lipinski definition) is 4. The molecule has 1 amide bonds. The summed E-state index contributed by atoms with van der Waals surface area (Å²) in [6.45, 7) is 13.9. The number of nitrogens with zero attached hydrogens (tertiary/aromatic N) is 5. The lowest BCUT2D eigenvalue weighted by Gasteiger charge is -2.32. The van der Waals surface area contributed by atoms with Crippen molar-refractivity contribution in [3.63, 3.8) is 0 Å². The smallest absolute Gasteiger partial charge is 0.276 e. The molecule has 6 nitrogen and oxygen atoms in total. The number of rotatable bonds is 1. The Bertz CT molecular complexity index is 538. The van der Waals surface area contributed by atoms with Gasteiger partial charge in [0.2, 0.25) is 0 Å². The summed E-state index contributed by atoms with van der Waals surface area (Å²) in [5.74, 6) is -0.0312. The molecule has 2 aliphatic rings. The zero-order chi connectivity index (χ0) is 19.0. The molecule has 0 atom stereocenters. The van der Waals surface area contributed by atoms with Crippen molar-refractivity contribution in [1.82, 2.24) is 24.5 Å². The topological polar surface area (TPSA) is 44.6 Å². The Morgan fingerprint density at radius 3 is 2.12 bits per heavy atom. The minimum atomic E-state index is -0.0312. The van der Waals surface area contributed by atoms with E-state index < -0.39 is 0 Å². The molecule has 0 saturated carbocycles. The SMILES string of the molecule is CC.CC.CN1CCN(C(=O)c2nn3c(c2Cl)CN(C)CCC3)CC1. The average Bonchev–Trinajstić information content (AvgIpc) is 2.82. The van der Waals surface area contributed by atoms with Crippen LogP contribution < -0.4 is 0 Å². The van der Waals surface area contributed by atoms with E-state index in [-0.39, 0.29) is 5.91 Å². The van der Waals surface area contributed by atoms with E-state index in [1.54, 1.807) is 0 Å². The molecule has 0 unspecified atom stereocenters. The summed E-state index contributed by atoms with van der Waals surface area (Å²) in [7, 11) is 4.14. The summed E-state index contributed by atoms with van der Waals surface area (Å²) in [6.07, 6.45) is 1.03. The molecule has 144 valence electrons. The highest BCUT2D eigenvalue weighted by Gasteiger charge is 2.28. The Hall–Kier alpha value is -1.11. The predicted octanol–water partition coefficient (Wildman–Crippen LogP) is 2.81. The number of piperazine rings is 1. The molecular formula is C18H34ClN5O. The normalized spacial score (nSPS) is 18.3. The third-order valence-corrected chi connectivity index (χ3v) is 4.71. The maximum Gasteiger partial charge on any atom is 0.276 e. The zero-order valence-corrected chi connectivity index (χ0v) is 17.4. The molecule has 0 aromatic carbocycles.